The summed E-state index contributed by atoms with van der Waals surface area (Å²) in [7, 11) is 0. The molecule has 7 nitrogen and oxygen atoms in total. The molecule has 4 rings (SSSR count). The number of ether oxygens (including phenoxy) is 1. The number of benzene rings is 3. The van der Waals surface area contributed by atoms with E-state index in [2.05, 4.69) is 20.4 Å². The SMILES string of the molecule is CCOC(=O)c1ccc(N2CCN(c3ccc(F)cc3)CC2)c(NC(=O)Nc2ccc(C)c(C)c2)c1. The fraction of sp³-hybridized carbons (Fsp3) is 0.286. The van der Waals surface area contributed by atoms with Gasteiger partial charge in [-0.1, -0.05) is 6.07 Å². The van der Waals surface area contributed by atoms with Crippen molar-refractivity contribution in [3.63, 3.8) is 0 Å². The Labute approximate surface area is 210 Å². The second-order valence-electron chi connectivity index (χ2n) is 8.78. The van der Waals surface area contributed by atoms with Crippen molar-refractivity contribution in [1.82, 2.24) is 0 Å². The maximum Gasteiger partial charge on any atom is 0.338 e. The first kappa shape index (κ1) is 25.0. The summed E-state index contributed by atoms with van der Waals surface area (Å²) in [6, 6.07) is 17.0. The molecule has 0 atom stereocenters. The molecule has 0 unspecified atom stereocenters. The summed E-state index contributed by atoms with van der Waals surface area (Å²) >= 11 is 0. The fourth-order valence-electron chi connectivity index (χ4n) is 4.21. The normalized spacial score (nSPS) is 13.3. The van der Waals surface area contributed by atoms with Crippen molar-refractivity contribution in [3.05, 3.63) is 83.2 Å². The molecule has 2 amide bonds. The van der Waals surface area contributed by atoms with Crippen LogP contribution in [0, 0.1) is 19.7 Å². The van der Waals surface area contributed by atoms with E-state index in [1.165, 1.54) is 12.1 Å². The van der Waals surface area contributed by atoms with Crippen LogP contribution in [0.3, 0.4) is 0 Å². The first-order valence-corrected chi connectivity index (χ1v) is 12.1. The molecule has 36 heavy (non-hydrogen) atoms. The van der Waals surface area contributed by atoms with Gasteiger partial charge in [-0.25, -0.2) is 14.0 Å². The van der Waals surface area contributed by atoms with Crippen molar-refractivity contribution in [2.24, 2.45) is 0 Å². The van der Waals surface area contributed by atoms with Crippen LogP contribution in [-0.2, 0) is 4.74 Å². The summed E-state index contributed by atoms with van der Waals surface area (Å²) in [6.45, 7) is 8.89. The molecule has 0 aliphatic carbocycles. The Morgan fingerprint density at radius 1 is 0.861 bits per heavy atom. The molecule has 1 heterocycles. The highest BCUT2D eigenvalue weighted by atomic mass is 19.1. The molecule has 0 bridgehead atoms. The summed E-state index contributed by atoms with van der Waals surface area (Å²) in [5.41, 5.74) is 5.59. The maximum absolute atomic E-state index is 13.3. The van der Waals surface area contributed by atoms with Gasteiger partial charge in [0.15, 0.2) is 0 Å². The van der Waals surface area contributed by atoms with Crippen molar-refractivity contribution in [1.29, 1.82) is 0 Å². The molecule has 188 valence electrons. The first-order valence-electron chi connectivity index (χ1n) is 12.1. The highest BCUT2D eigenvalue weighted by Gasteiger charge is 2.22. The van der Waals surface area contributed by atoms with E-state index in [1.54, 1.807) is 31.2 Å². The average Bonchev–Trinajstić information content (AvgIpc) is 2.87. The standard InChI is InChI=1S/C28H31FN4O3/c1-4-36-27(34)21-6-12-26(33-15-13-32(14-16-33)24-10-7-22(29)8-11-24)25(18-21)31-28(35)30-23-9-5-19(2)20(3)17-23/h5-12,17-18H,4,13-16H2,1-3H3,(H2,30,31,35). The Bertz CT molecular complexity index is 1240. The number of hydrogen-bond donors (Lipinski definition) is 2. The molecule has 0 aromatic heterocycles. The molecule has 8 heteroatoms. The molecular weight excluding hydrogens is 459 g/mol. The molecule has 0 spiro atoms. The van der Waals surface area contributed by atoms with Crippen LogP contribution in [0.2, 0.25) is 0 Å². The number of amides is 2. The summed E-state index contributed by atoms with van der Waals surface area (Å²) in [5, 5.41) is 5.79. The molecule has 3 aromatic rings. The second kappa shape index (κ2) is 11.1. The van der Waals surface area contributed by atoms with Crippen molar-refractivity contribution in [3.8, 4) is 0 Å². The number of esters is 1. The third-order valence-corrected chi connectivity index (χ3v) is 6.33. The average molecular weight is 491 g/mol. The van der Waals surface area contributed by atoms with E-state index >= 15 is 0 Å². The number of aryl methyl sites for hydroxylation is 2. The van der Waals surface area contributed by atoms with Gasteiger partial charge in [0.1, 0.15) is 5.82 Å². The van der Waals surface area contributed by atoms with Crippen LogP contribution in [0.4, 0.5) is 31.9 Å². The molecule has 0 radical (unpaired) electrons. The van der Waals surface area contributed by atoms with Crippen LogP contribution in [0.15, 0.2) is 60.7 Å². The Morgan fingerprint density at radius 3 is 2.22 bits per heavy atom. The van der Waals surface area contributed by atoms with Crippen LogP contribution >= 0.6 is 0 Å². The predicted molar refractivity (Wildman–Crippen MR) is 142 cm³/mol. The van der Waals surface area contributed by atoms with E-state index in [0.29, 0.717) is 30.0 Å². The molecule has 2 N–H and O–H groups in total. The van der Waals surface area contributed by atoms with Gasteiger partial charge in [-0.3, -0.25) is 0 Å². The number of nitrogens with zero attached hydrogens (tertiary/aromatic N) is 2. The van der Waals surface area contributed by atoms with Crippen LogP contribution in [0.5, 0.6) is 0 Å². The number of urea groups is 1. The third-order valence-electron chi connectivity index (χ3n) is 6.33. The zero-order valence-corrected chi connectivity index (χ0v) is 20.8. The number of anilines is 4. The lowest BCUT2D eigenvalue weighted by Gasteiger charge is -2.38. The minimum atomic E-state index is -0.442. The van der Waals surface area contributed by atoms with Gasteiger partial charge in [-0.15, -0.1) is 0 Å². The van der Waals surface area contributed by atoms with Gasteiger partial charge in [0.2, 0.25) is 0 Å². The number of rotatable bonds is 6. The van der Waals surface area contributed by atoms with E-state index in [1.807, 2.05) is 38.1 Å². The minimum absolute atomic E-state index is 0.256. The second-order valence-corrected chi connectivity index (χ2v) is 8.78. The maximum atomic E-state index is 13.3. The highest BCUT2D eigenvalue weighted by molar-refractivity contribution is 6.03. The van der Waals surface area contributed by atoms with E-state index in [4.69, 9.17) is 4.74 Å². The molecule has 1 aliphatic heterocycles. The van der Waals surface area contributed by atoms with Crippen LogP contribution in [0.1, 0.15) is 28.4 Å². The summed E-state index contributed by atoms with van der Waals surface area (Å²) < 4.78 is 18.4. The number of halogens is 1. The zero-order chi connectivity index (χ0) is 25.7. The first-order chi connectivity index (χ1) is 17.3. The van der Waals surface area contributed by atoms with Gasteiger partial charge in [-0.05, 0) is 86.5 Å². The van der Waals surface area contributed by atoms with Crippen LogP contribution in [-0.4, -0.2) is 44.8 Å². The van der Waals surface area contributed by atoms with E-state index in [0.717, 1.165) is 35.6 Å². The smallest absolute Gasteiger partial charge is 0.338 e. The third kappa shape index (κ3) is 5.94. The Hall–Kier alpha value is -4.07. The quantitative estimate of drug-likeness (QED) is 0.441. The molecular formula is C28H31FN4O3. The number of nitrogens with one attached hydrogen (secondary N) is 2. The zero-order valence-electron chi connectivity index (χ0n) is 20.8. The molecule has 1 fully saturated rings. The van der Waals surface area contributed by atoms with Gasteiger partial charge in [-0.2, -0.15) is 0 Å². The predicted octanol–water partition coefficient (Wildman–Crippen LogP) is 5.59. The lowest BCUT2D eigenvalue weighted by Crippen LogP contribution is -2.46. The number of carbonyl (C=O) groups excluding carboxylic acids is 2. The molecule has 1 saturated heterocycles. The topological polar surface area (TPSA) is 73.9 Å². The lowest BCUT2D eigenvalue weighted by atomic mass is 10.1. The Balaban J connectivity index is 1.52. The summed E-state index contributed by atoms with van der Waals surface area (Å²) in [4.78, 5) is 29.6. The number of hydrogen-bond acceptors (Lipinski definition) is 5. The Kier molecular flexibility index (Phi) is 7.73. The molecule has 0 saturated carbocycles. The van der Waals surface area contributed by atoms with Gasteiger partial charge in [0.25, 0.3) is 0 Å². The lowest BCUT2D eigenvalue weighted by molar-refractivity contribution is 0.0526. The number of piperazine rings is 1. The minimum Gasteiger partial charge on any atom is -0.462 e. The summed E-state index contributed by atoms with van der Waals surface area (Å²) in [6.07, 6.45) is 0. The van der Waals surface area contributed by atoms with E-state index in [9.17, 15) is 14.0 Å². The highest BCUT2D eigenvalue weighted by Crippen LogP contribution is 2.30. The van der Waals surface area contributed by atoms with E-state index in [-0.39, 0.29) is 12.4 Å². The van der Waals surface area contributed by atoms with Crippen LogP contribution in [0.25, 0.3) is 0 Å². The Morgan fingerprint density at radius 2 is 1.56 bits per heavy atom. The van der Waals surface area contributed by atoms with Crippen molar-refractivity contribution in [2.75, 3.05) is 53.2 Å². The van der Waals surface area contributed by atoms with Gasteiger partial charge in [0.05, 0.1) is 23.5 Å². The largest absolute Gasteiger partial charge is 0.462 e. The monoisotopic (exact) mass is 490 g/mol. The van der Waals surface area contributed by atoms with Gasteiger partial charge in [0, 0.05) is 37.6 Å². The van der Waals surface area contributed by atoms with Crippen molar-refractivity contribution >= 4 is 34.7 Å². The van der Waals surface area contributed by atoms with Crippen LogP contribution < -0.4 is 20.4 Å². The molecule has 3 aromatic carbocycles. The van der Waals surface area contributed by atoms with Gasteiger partial charge >= 0.3 is 12.0 Å². The van der Waals surface area contributed by atoms with Crippen molar-refractivity contribution in [2.45, 2.75) is 20.8 Å². The van der Waals surface area contributed by atoms with Gasteiger partial charge < -0.3 is 25.2 Å². The van der Waals surface area contributed by atoms with Crippen molar-refractivity contribution < 1.29 is 18.7 Å². The fourth-order valence-corrected chi connectivity index (χ4v) is 4.21. The summed E-state index contributed by atoms with van der Waals surface area (Å²) in [5.74, 6) is -0.698. The van der Waals surface area contributed by atoms with E-state index < -0.39 is 12.0 Å². The molecule has 1 aliphatic rings. The number of carbonyl (C=O) groups is 2.